The number of sulfonamides is 1. The third-order valence-electron chi connectivity index (χ3n) is 4.44. The molecule has 2 aliphatic rings. The lowest BCUT2D eigenvalue weighted by Gasteiger charge is -2.29. The fourth-order valence-electron chi connectivity index (χ4n) is 3.05. The van der Waals surface area contributed by atoms with Crippen molar-refractivity contribution in [1.29, 1.82) is 0 Å². The molecule has 2 saturated heterocycles. The highest BCUT2D eigenvalue weighted by Gasteiger charge is 2.31. The number of nitrogens with one attached hydrogen (secondary N) is 1. The lowest BCUT2D eigenvalue weighted by Crippen LogP contribution is -2.53. The van der Waals surface area contributed by atoms with Gasteiger partial charge in [0.2, 0.25) is 15.9 Å². The van der Waals surface area contributed by atoms with Crippen LogP contribution < -0.4 is 5.32 Å². The lowest BCUT2D eigenvalue weighted by atomic mass is 10.2. The third kappa shape index (κ3) is 4.72. The SMILES string of the molecule is Cl.O=C(C1COCCN1)N1CCCN(S(=O)(=O)c2ccc(F)cc2)CC1. The third-order valence-corrected chi connectivity index (χ3v) is 6.35. The van der Waals surface area contributed by atoms with Crippen LogP contribution in [-0.2, 0) is 19.6 Å². The zero-order valence-electron chi connectivity index (χ0n) is 14.3. The van der Waals surface area contributed by atoms with Crippen molar-refractivity contribution in [2.75, 3.05) is 45.9 Å². The predicted molar refractivity (Wildman–Crippen MR) is 96.2 cm³/mol. The molecule has 1 unspecified atom stereocenters. The fraction of sp³-hybridized carbons (Fsp3) is 0.562. The van der Waals surface area contributed by atoms with Gasteiger partial charge in [-0.25, -0.2) is 12.8 Å². The predicted octanol–water partition coefficient (Wildman–Crippen LogP) is 0.459. The van der Waals surface area contributed by atoms with Crippen molar-refractivity contribution < 1.29 is 22.3 Å². The fourth-order valence-corrected chi connectivity index (χ4v) is 4.52. The summed E-state index contributed by atoms with van der Waals surface area (Å²) in [6.07, 6.45) is 0.555. The van der Waals surface area contributed by atoms with Crippen molar-refractivity contribution in [1.82, 2.24) is 14.5 Å². The molecule has 2 heterocycles. The highest BCUT2D eigenvalue weighted by molar-refractivity contribution is 7.89. The van der Waals surface area contributed by atoms with Crippen LogP contribution in [0.4, 0.5) is 4.39 Å². The van der Waals surface area contributed by atoms with E-state index >= 15 is 0 Å². The number of benzene rings is 1. The van der Waals surface area contributed by atoms with Gasteiger partial charge in [0.1, 0.15) is 11.9 Å². The number of hydrogen-bond acceptors (Lipinski definition) is 5. The number of morpholine rings is 1. The van der Waals surface area contributed by atoms with Crippen molar-refractivity contribution in [3.63, 3.8) is 0 Å². The molecular formula is C16H23ClFN3O4S. The molecule has 1 aromatic carbocycles. The molecule has 10 heteroatoms. The van der Waals surface area contributed by atoms with Crippen LogP contribution in [0.3, 0.4) is 0 Å². The quantitative estimate of drug-likeness (QED) is 0.787. The molecule has 7 nitrogen and oxygen atoms in total. The number of carbonyl (C=O) groups is 1. The van der Waals surface area contributed by atoms with Crippen LogP contribution in [0.15, 0.2) is 29.2 Å². The van der Waals surface area contributed by atoms with Gasteiger partial charge in [0.25, 0.3) is 0 Å². The Balaban J connectivity index is 0.00000243. The number of ether oxygens (including phenoxy) is 1. The van der Waals surface area contributed by atoms with Gasteiger partial charge >= 0.3 is 0 Å². The van der Waals surface area contributed by atoms with E-state index < -0.39 is 15.8 Å². The second kappa shape index (κ2) is 9.09. The first kappa shape index (κ1) is 21.0. The monoisotopic (exact) mass is 407 g/mol. The molecule has 0 aliphatic carbocycles. The van der Waals surface area contributed by atoms with Crippen molar-refractivity contribution in [2.45, 2.75) is 17.4 Å². The number of carbonyl (C=O) groups excluding carboxylic acids is 1. The zero-order valence-corrected chi connectivity index (χ0v) is 15.9. The summed E-state index contributed by atoms with van der Waals surface area (Å²) < 4.78 is 45.1. The van der Waals surface area contributed by atoms with E-state index in [0.29, 0.717) is 45.8 Å². The normalized spacial score (nSPS) is 22.3. The largest absolute Gasteiger partial charge is 0.378 e. The van der Waals surface area contributed by atoms with Gasteiger partial charge in [-0.15, -0.1) is 12.4 Å². The first-order valence-corrected chi connectivity index (χ1v) is 9.78. The van der Waals surface area contributed by atoms with E-state index in [-0.39, 0.29) is 35.8 Å². The number of nitrogens with zero attached hydrogens (tertiary/aromatic N) is 2. The molecular weight excluding hydrogens is 385 g/mol. The zero-order chi connectivity index (χ0) is 17.9. The molecule has 146 valence electrons. The van der Waals surface area contributed by atoms with E-state index in [0.717, 1.165) is 12.1 Å². The standard InChI is InChI=1S/C16H22FN3O4S.ClH/c17-13-2-4-14(5-3-13)25(22,23)20-8-1-7-19(9-10-20)16(21)15-12-24-11-6-18-15;/h2-5,15,18H,1,6-12H2;1H. The van der Waals surface area contributed by atoms with E-state index in [4.69, 9.17) is 4.74 Å². The first-order valence-electron chi connectivity index (χ1n) is 8.34. The molecule has 3 rings (SSSR count). The van der Waals surface area contributed by atoms with Gasteiger partial charge in [0, 0.05) is 32.7 Å². The van der Waals surface area contributed by atoms with Crippen LogP contribution in [0.5, 0.6) is 0 Å². The maximum absolute atomic E-state index is 13.0. The minimum Gasteiger partial charge on any atom is -0.378 e. The summed E-state index contributed by atoms with van der Waals surface area (Å²) in [5, 5.41) is 3.13. The van der Waals surface area contributed by atoms with Crippen LogP contribution >= 0.6 is 12.4 Å². The average Bonchev–Trinajstić information content (AvgIpc) is 2.89. The van der Waals surface area contributed by atoms with Gasteiger partial charge in [0.05, 0.1) is 18.1 Å². The number of amides is 1. The second-order valence-electron chi connectivity index (χ2n) is 6.12. The van der Waals surface area contributed by atoms with Crippen LogP contribution in [0.25, 0.3) is 0 Å². The van der Waals surface area contributed by atoms with Gasteiger partial charge in [-0.1, -0.05) is 0 Å². The maximum atomic E-state index is 13.0. The van der Waals surface area contributed by atoms with Gasteiger partial charge in [-0.2, -0.15) is 4.31 Å². The highest BCUT2D eigenvalue weighted by atomic mass is 35.5. The minimum atomic E-state index is -3.69. The molecule has 0 bridgehead atoms. The summed E-state index contributed by atoms with van der Waals surface area (Å²) in [6.45, 7) is 2.96. The Labute approximate surface area is 158 Å². The Morgan fingerprint density at radius 1 is 1.15 bits per heavy atom. The number of halogens is 2. The molecule has 2 aliphatic heterocycles. The van der Waals surface area contributed by atoms with Crippen LogP contribution in [0.1, 0.15) is 6.42 Å². The van der Waals surface area contributed by atoms with Gasteiger partial charge in [0.15, 0.2) is 0 Å². The molecule has 0 radical (unpaired) electrons. The van der Waals surface area contributed by atoms with Crippen molar-refractivity contribution >= 4 is 28.3 Å². The smallest absolute Gasteiger partial charge is 0.243 e. The summed E-state index contributed by atoms with van der Waals surface area (Å²) in [4.78, 5) is 14.3. The van der Waals surface area contributed by atoms with E-state index in [1.807, 2.05) is 0 Å². The molecule has 2 fully saturated rings. The first-order chi connectivity index (χ1) is 12.0. The molecule has 0 saturated carbocycles. The molecule has 26 heavy (non-hydrogen) atoms. The highest BCUT2D eigenvalue weighted by Crippen LogP contribution is 2.18. The van der Waals surface area contributed by atoms with Crippen molar-refractivity contribution in [3.8, 4) is 0 Å². The number of rotatable bonds is 3. The van der Waals surface area contributed by atoms with Crippen molar-refractivity contribution in [3.05, 3.63) is 30.1 Å². The van der Waals surface area contributed by atoms with Crippen molar-refractivity contribution in [2.24, 2.45) is 0 Å². The Hall–Kier alpha value is -1.26. The average molecular weight is 408 g/mol. The van der Waals surface area contributed by atoms with Gasteiger partial charge in [-0.3, -0.25) is 4.79 Å². The maximum Gasteiger partial charge on any atom is 0.243 e. The van der Waals surface area contributed by atoms with Gasteiger partial charge in [-0.05, 0) is 30.7 Å². The summed E-state index contributed by atoms with van der Waals surface area (Å²) in [5.74, 6) is -0.533. The van der Waals surface area contributed by atoms with E-state index in [1.165, 1.54) is 16.4 Å². The molecule has 1 amide bonds. The Bertz CT molecular complexity index is 711. The summed E-state index contributed by atoms with van der Waals surface area (Å²) >= 11 is 0. The van der Waals surface area contributed by atoms with E-state index in [9.17, 15) is 17.6 Å². The Kier molecular flexibility index (Phi) is 7.36. The van der Waals surface area contributed by atoms with E-state index in [2.05, 4.69) is 5.32 Å². The van der Waals surface area contributed by atoms with Crippen LogP contribution in [0.2, 0.25) is 0 Å². The molecule has 1 N–H and O–H groups in total. The molecule has 1 aromatic rings. The topological polar surface area (TPSA) is 79.0 Å². The molecule has 0 spiro atoms. The summed E-state index contributed by atoms with van der Waals surface area (Å²) in [5.41, 5.74) is 0. The molecule has 1 atom stereocenters. The molecule has 0 aromatic heterocycles. The van der Waals surface area contributed by atoms with E-state index in [1.54, 1.807) is 4.90 Å². The minimum absolute atomic E-state index is 0. The van der Waals surface area contributed by atoms with Crippen LogP contribution in [0, 0.1) is 5.82 Å². The van der Waals surface area contributed by atoms with Gasteiger partial charge < -0.3 is 15.0 Å². The Morgan fingerprint density at radius 2 is 1.88 bits per heavy atom. The number of hydrogen-bond donors (Lipinski definition) is 1. The Morgan fingerprint density at radius 3 is 2.54 bits per heavy atom. The summed E-state index contributed by atoms with van der Waals surface area (Å²) in [7, 11) is -3.69. The summed E-state index contributed by atoms with van der Waals surface area (Å²) in [6, 6.07) is 4.43. The second-order valence-corrected chi connectivity index (χ2v) is 8.06. The lowest BCUT2D eigenvalue weighted by molar-refractivity contribution is -0.136. The van der Waals surface area contributed by atoms with Crippen LogP contribution in [-0.4, -0.2) is 75.5 Å².